The minimum atomic E-state index is -0.670. The number of ether oxygens (including phenoxy) is 4. The number of nitrogens with zero attached hydrogens (tertiary/aromatic N) is 2. The molecule has 0 bridgehead atoms. The van der Waals surface area contributed by atoms with Gasteiger partial charge in [-0.2, -0.15) is 5.26 Å². The second-order valence-corrected chi connectivity index (χ2v) is 8.07. The van der Waals surface area contributed by atoms with Crippen molar-refractivity contribution in [1.82, 2.24) is 4.98 Å². The van der Waals surface area contributed by atoms with Crippen molar-refractivity contribution in [3.8, 4) is 6.07 Å². The Labute approximate surface area is 192 Å². The second-order valence-electron chi connectivity index (χ2n) is 8.07. The highest BCUT2D eigenvalue weighted by molar-refractivity contribution is 5.35. The van der Waals surface area contributed by atoms with E-state index in [-0.39, 0.29) is 6.61 Å². The third kappa shape index (κ3) is 4.53. The summed E-state index contributed by atoms with van der Waals surface area (Å²) in [7, 11) is 0. The Hall–Kier alpha value is -3.12. The van der Waals surface area contributed by atoms with Gasteiger partial charge in [-0.15, -0.1) is 0 Å². The van der Waals surface area contributed by atoms with E-state index in [0.717, 1.165) is 16.7 Å². The number of fused-ring (bicyclic) bond motifs is 1. The first-order valence-corrected chi connectivity index (χ1v) is 10.9. The number of aliphatic hydroxyl groups excluding tert-OH is 1. The Morgan fingerprint density at radius 1 is 0.788 bits per heavy atom. The lowest BCUT2D eigenvalue weighted by Gasteiger charge is -2.49. The molecule has 1 N–H and O–H groups in total. The highest BCUT2D eigenvalue weighted by Gasteiger charge is 2.50. The number of aromatic nitrogens is 1. The van der Waals surface area contributed by atoms with E-state index in [1.807, 2.05) is 60.7 Å². The van der Waals surface area contributed by atoms with Crippen LogP contribution in [0.4, 0.5) is 0 Å². The summed E-state index contributed by atoms with van der Waals surface area (Å²) < 4.78 is 25.1. The summed E-state index contributed by atoms with van der Waals surface area (Å²) in [6.07, 6.45) is 0.233. The molecule has 0 amide bonds. The fourth-order valence-corrected chi connectivity index (χ4v) is 4.34. The Morgan fingerprint density at radius 3 is 1.94 bits per heavy atom. The third-order valence-corrected chi connectivity index (χ3v) is 5.98. The van der Waals surface area contributed by atoms with Gasteiger partial charge in [0.1, 0.15) is 18.3 Å². The minimum absolute atomic E-state index is 0.224. The zero-order valence-corrected chi connectivity index (χ0v) is 17.9. The van der Waals surface area contributed by atoms with Crippen molar-refractivity contribution < 1.29 is 24.1 Å². The molecule has 2 saturated heterocycles. The van der Waals surface area contributed by atoms with Gasteiger partial charge >= 0.3 is 0 Å². The molecule has 7 heteroatoms. The van der Waals surface area contributed by atoms with Gasteiger partial charge in [0.05, 0.1) is 24.3 Å². The molecule has 33 heavy (non-hydrogen) atoms. The largest absolute Gasteiger partial charge is 0.394 e. The topological polar surface area (TPSA) is 93.8 Å². The SMILES string of the molecule is N#Cc1ccncc1C[C@H]1OC(c2ccccc2)O[C@H]2[C@H]1OC(c1ccccc1)O[C@@H]2CO. The van der Waals surface area contributed by atoms with Gasteiger partial charge in [0.25, 0.3) is 0 Å². The first-order chi connectivity index (χ1) is 16.3. The number of rotatable bonds is 5. The Morgan fingerprint density at radius 2 is 1.36 bits per heavy atom. The number of pyridine rings is 1. The average Bonchev–Trinajstić information content (AvgIpc) is 2.89. The van der Waals surface area contributed by atoms with Gasteiger partial charge in [-0.1, -0.05) is 60.7 Å². The zero-order valence-electron chi connectivity index (χ0n) is 17.9. The molecule has 2 aliphatic rings. The fraction of sp³-hybridized carbons (Fsp3) is 0.308. The minimum Gasteiger partial charge on any atom is -0.394 e. The molecule has 2 aliphatic heterocycles. The van der Waals surface area contributed by atoms with Crippen molar-refractivity contribution in [2.45, 2.75) is 43.4 Å². The second kappa shape index (κ2) is 9.79. The lowest BCUT2D eigenvalue weighted by molar-refractivity contribution is -0.384. The third-order valence-electron chi connectivity index (χ3n) is 5.98. The van der Waals surface area contributed by atoms with Crippen LogP contribution >= 0.6 is 0 Å². The molecular formula is C26H24N2O5. The van der Waals surface area contributed by atoms with Crippen molar-refractivity contribution in [2.75, 3.05) is 6.61 Å². The molecule has 0 saturated carbocycles. The van der Waals surface area contributed by atoms with Crippen molar-refractivity contribution in [1.29, 1.82) is 5.26 Å². The Kier molecular flexibility index (Phi) is 6.44. The average molecular weight is 444 g/mol. The van der Waals surface area contributed by atoms with E-state index < -0.39 is 37.0 Å². The van der Waals surface area contributed by atoms with Crippen molar-refractivity contribution in [3.63, 3.8) is 0 Å². The summed E-state index contributed by atoms with van der Waals surface area (Å²) >= 11 is 0. The van der Waals surface area contributed by atoms with E-state index in [1.165, 1.54) is 0 Å². The number of nitriles is 1. The van der Waals surface area contributed by atoms with Crippen LogP contribution in [0.5, 0.6) is 0 Å². The molecule has 5 rings (SSSR count). The van der Waals surface area contributed by atoms with Crippen molar-refractivity contribution >= 4 is 0 Å². The van der Waals surface area contributed by atoms with Crippen LogP contribution in [0.15, 0.2) is 79.1 Å². The first-order valence-electron chi connectivity index (χ1n) is 10.9. The molecule has 168 valence electrons. The number of hydrogen-bond donors (Lipinski definition) is 1. The van der Waals surface area contributed by atoms with Gasteiger partial charge in [0.2, 0.25) is 0 Å². The maximum absolute atomic E-state index is 10.2. The lowest BCUT2D eigenvalue weighted by Crippen LogP contribution is -2.59. The fourth-order valence-electron chi connectivity index (χ4n) is 4.34. The quantitative estimate of drug-likeness (QED) is 0.644. The molecule has 0 spiro atoms. The lowest BCUT2D eigenvalue weighted by atomic mass is 9.93. The van der Waals surface area contributed by atoms with Crippen LogP contribution in [-0.4, -0.2) is 41.1 Å². The molecule has 3 heterocycles. The van der Waals surface area contributed by atoms with Gasteiger partial charge in [-0.3, -0.25) is 4.98 Å². The molecule has 6 atom stereocenters. The van der Waals surface area contributed by atoms with Crippen LogP contribution in [0.2, 0.25) is 0 Å². The van der Waals surface area contributed by atoms with Gasteiger partial charge in [-0.05, 0) is 11.6 Å². The predicted octanol–water partition coefficient (Wildman–Crippen LogP) is 3.45. The highest BCUT2D eigenvalue weighted by atomic mass is 16.8. The molecular weight excluding hydrogens is 420 g/mol. The van der Waals surface area contributed by atoms with Crippen molar-refractivity contribution in [3.05, 3.63) is 101 Å². The molecule has 0 radical (unpaired) electrons. The summed E-state index contributed by atoms with van der Waals surface area (Å²) in [6, 6.07) is 23.1. The van der Waals surface area contributed by atoms with E-state index in [2.05, 4.69) is 11.1 Å². The molecule has 2 unspecified atom stereocenters. The predicted molar refractivity (Wildman–Crippen MR) is 118 cm³/mol. The number of aliphatic hydroxyl groups is 1. The summed E-state index contributed by atoms with van der Waals surface area (Å²) in [5.74, 6) is 0. The zero-order chi connectivity index (χ0) is 22.6. The van der Waals surface area contributed by atoms with Crippen LogP contribution in [0.1, 0.15) is 34.8 Å². The maximum Gasteiger partial charge on any atom is 0.184 e. The van der Waals surface area contributed by atoms with Gasteiger partial charge in [0.15, 0.2) is 12.6 Å². The van der Waals surface area contributed by atoms with E-state index >= 15 is 0 Å². The monoisotopic (exact) mass is 444 g/mol. The standard InChI is InChI=1S/C26H24N2O5/c27-14-19-11-12-28-15-20(19)13-21-23-24(33-25(30-21)17-7-3-1-4-8-17)22(16-29)31-26(32-23)18-9-5-2-6-10-18/h1-12,15,21-26,29H,13,16H2/t21-,22-,23+,24-,25?,26?/m1/s1. The summed E-state index contributed by atoms with van der Waals surface area (Å²) in [4.78, 5) is 4.19. The normalized spacial score (nSPS) is 29.1. The van der Waals surface area contributed by atoms with Gasteiger partial charge in [0, 0.05) is 29.9 Å². The van der Waals surface area contributed by atoms with Crippen LogP contribution in [0.25, 0.3) is 0 Å². The molecule has 3 aromatic rings. The summed E-state index contributed by atoms with van der Waals surface area (Å²) in [6.45, 7) is -0.224. The van der Waals surface area contributed by atoms with Crippen molar-refractivity contribution in [2.24, 2.45) is 0 Å². The molecule has 2 fully saturated rings. The smallest absolute Gasteiger partial charge is 0.184 e. The van der Waals surface area contributed by atoms with E-state index in [4.69, 9.17) is 18.9 Å². The van der Waals surface area contributed by atoms with E-state index in [9.17, 15) is 10.4 Å². The number of hydrogen-bond acceptors (Lipinski definition) is 7. The van der Waals surface area contributed by atoms with E-state index in [0.29, 0.717) is 12.0 Å². The van der Waals surface area contributed by atoms with E-state index in [1.54, 1.807) is 18.5 Å². The maximum atomic E-state index is 10.2. The molecule has 7 nitrogen and oxygen atoms in total. The van der Waals surface area contributed by atoms with Gasteiger partial charge < -0.3 is 24.1 Å². The van der Waals surface area contributed by atoms with Crippen LogP contribution < -0.4 is 0 Å². The summed E-state index contributed by atoms with van der Waals surface area (Å²) in [5.41, 5.74) is 3.01. The summed E-state index contributed by atoms with van der Waals surface area (Å²) in [5, 5.41) is 19.7. The molecule has 2 aromatic carbocycles. The van der Waals surface area contributed by atoms with Crippen LogP contribution in [-0.2, 0) is 25.4 Å². The Bertz CT molecular complexity index is 1100. The highest BCUT2D eigenvalue weighted by Crippen LogP contribution is 2.41. The Balaban J connectivity index is 1.49. The van der Waals surface area contributed by atoms with Crippen LogP contribution in [0.3, 0.4) is 0 Å². The first kappa shape index (κ1) is 21.7. The van der Waals surface area contributed by atoms with Gasteiger partial charge in [-0.25, -0.2) is 0 Å². The molecule has 1 aromatic heterocycles. The molecule has 0 aliphatic carbocycles. The van der Waals surface area contributed by atoms with Crippen LogP contribution in [0, 0.1) is 11.3 Å². The number of benzene rings is 2.